The molecule has 0 saturated carbocycles. The first-order chi connectivity index (χ1) is 8.09. The van der Waals surface area contributed by atoms with E-state index in [9.17, 15) is 9.50 Å². The molecule has 1 aliphatic heterocycles. The Morgan fingerprint density at radius 1 is 1.53 bits per heavy atom. The lowest BCUT2D eigenvalue weighted by molar-refractivity contribution is 0.0985. The number of rotatable bonds is 2. The van der Waals surface area contributed by atoms with Crippen molar-refractivity contribution in [3.05, 3.63) is 29.6 Å². The Morgan fingerprint density at radius 3 is 2.88 bits per heavy atom. The molecule has 2 rings (SSSR count). The second kappa shape index (κ2) is 5.02. The second-order valence-electron chi connectivity index (χ2n) is 4.50. The van der Waals surface area contributed by atoms with Gasteiger partial charge in [-0.05, 0) is 31.5 Å². The van der Waals surface area contributed by atoms with E-state index in [4.69, 9.17) is 4.74 Å². The van der Waals surface area contributed by atoms with Gasteiger partial charge in [0.25, 0.3) is 0 Å². The third-order valence-electron chi connectivity index (χ3n) is 3.13. The number of hydrogen-bond acceptors (Lipinski definition) is 3. The average molecular weight is 239 g/mol. The van der Waals surface area contributed by atoms with E-state index in [2.05, 4.69) is 0 Å². The summed E-state index contributed by atoms with van der Waals surface area (Å²) in [6, 6.07) is 5.09. The predicted molar refractivity (Wildman–Crippen MR) is 64.7 cm³/mol. The number of anilines is 1. The lowest BCUT2D eigenvalue weighted by Crippen LogP contribution is -2.44. The molecule has 3 nitrogen and oxygen atoms in total. The molecule has 1 N–H and O–H groups in total. The first kappa shape index (κ1) is 12.3. The maximum absolute atomic E-state index is 14.0. The van der Waals surface area contributed by atoms with Gasteiger partial charge in [-0.3, -0.25) is 0 Å². The summed E-state index contributed by atoms with van der Waals surface area (Å²) in [5.41, 5.74) is 1.19. The van der Waals surface area contributed by atoms with Crippen LogP contribution in [-0.4, -0.2) is 30.9 Å². The Kier molecular flexibility index (Phi) is 3.64. The highest BCUT2D eigenvalue weighted by Crippen LogP contribution is 2.26. The van der Waals surface area contributed by atoms with Crippen molar-refractivity contribution < 1.29 is 14.2 Å². The van der Waals surface area contributed by atoms with Gasteiger partial charge in [0.1, 0.15) is 5.82 Å². The Morgan fingerprint density at radius 2 is 2.29 bits per heavy atom. The van der Waals surface area contributed by atoms with Gasteiger partial charge in [-0.1, -0.05) is 6.07 Å². The second-order valence-corrected chi connectivity index (χ2v) is 4.50. The summed E-state index contributed by atoms with van der Waals surface area (Å²) in [7, 11) is 0. The van der Waals surface area contributed by atoms with E-state index in [1.54, 1.807) is 19.1 Å². The van der Waals surface area contributed by atoms with Crippen LogP contribution in [0, 0.1) is 5.82 Å². The van der Waals surface area contributed by atoms with Crippen LogP contribution in [0.1, 0.15) is 25.5 Å². The number of aliphatic hydroxyl groups excluding tert-OH is 1. The first-order valence-corrected chi connectivity index (χ1v) is 5.91. The molecule has 2 atom stereocenters. The van der Waals surface area contributed by atoms with E-state index >= 15 is 0 Å². The van der Waals surface area contributed by atoms with Crippen LogP contribution in [0.2, 0.25) is 0 Å². The van der Waals surface area contributed by atoms with Crippen molar-refractivity contribution in [3.8, 4) is 0 Å². The van der Waals surface area contributed by atoms with Gasteiger partial charge in [0.15, 0.2) is 0 Å². The minimum atomic E-state index is -0.638. The summed E-state index contributed by atoms with van der Waals surface area (Å²) < 4.78 is 19.3. The van der Waals surface area contributed by atoms with Crippen LogP contribution in [0.25, 0.3) is 0 Å². The molecule has 0 aliphatic carbocycles. The number of benzene rings is 1. The Bertz CT molecular complexity index is 395. The molecule has 1 aromatic rings. The highest BCUT2D eigenvalue weighted by Gasteiger charge is 2.22. The fourth-order valence-electron chi connectivity index (χ4n) is 2.10. The van der Waals surface area contributed by atoms with E-state index in [0.29, 0.717) is 31.0 Å². The van der Waals surface area contributed by atoms with E-state index < -0.39 is 6.10 Å². The van der Waals surface area contributed by atoms with Crippen molar-refractivity contribution >= 4 is 5.69 Å². The summed E-state index contributed by atoms with van der Waals surface area (Å²) in [5.74, 6) is -0.280. The van der Waals surface area contributed by atoms with Gasteiger partial charge in [0.2, 0.25) is 0 Å². The van der Waals surface area contributed by atoms with Crippen LogP contribution in [0.5, 0.6) is 0 Å². The number of morpholine rings is 1. The van der Waals surface area contributed by atoms with Gasteiger partial charge in [-0.2, -0.15) is 0 Å². The van der Waals surface area contributed by atoms with E-state index in [1.165, 1.54) is 6.07 Å². The number of hydrogen-bond donors (Lipinski definition) is 1. The molecule has 1 aromatic carbocycles. The molecule has 1 aliphatic rings. The van der Waals surface area contributed by atoms with Gasteiger partial charge < -0.3 is 14.7 Å². The minimum Gasteiger partial charge on any atom is -0.389 e. The number of halogens is 1. The molecule has 0 aromatic heterocycles. The van der Waals surface area contributed by atoms with Crippen LogP contribution in [0.3, 0.4) is 0 Å². The summed E-state index contributed by atoms with van der Waals surface area (Å²) in [6.07, 6.45) is -0.638. The summed E-state index contributed by atoms with van der Waals surface area (Å²) in [6.45, 7) is 5.60. The highest BCUT2D eigenvalue weighted by atomic mass is 19.1. The lowest BCUT2D eigenvalue weighted by Gasteiger charge is -2.35. The summed E-state index contributed by atoms with van der Waals surface area (Å²) in [4.78, 5) is 2.00. The topological polar surface area (TPSA) is 32.7 Å². The Hall–Kier alpha value is -1.13. The molecule has 0 bridgehead atoms. The van der Waals surface area contributed by atoms with Crippen LogP contribution in [0.4, 0.5) is 10.1 Å². The monoisotopic (exact) mass is 239 g/mol. The maximum Gasteiger partial charge on any atom is 0.146 e. The van der Waals surface area contributed by atoms with Crippen LogP contribution in [0.15, 0.2) is 18.2 Å². The molecule has 94 valence electrons. The zero-order chi connectivity index (χ0) is 12.4. The molecular weight excluding hydrogens is 221 g/mol. The molecule has 4 heteroatoms. The van der Waals surface area contributed by atoms with Crippen molar-refractivity contribution in [1.29, 1.82) is 0 Å². The zero-order valence-electron chi connectivity index (χ0n) is 10.2. The van der Waals surface area contributed by atoms with Crippen molar-refractivity contribution in [2.75, 3.05) is 24.7 Å². The maximum atomic E-state index is 14.0. The van der Waals surface area contributed by atoms with Crippen LogP contribution in [-0.2, 0) is 4.74 Å². The molecule has 1 fully saturated rings. The number of ether oxygens (including phenoxy) is 1. The predicted octanol–water partition coefficient (Wildman–Crippen LogP) is 2.10. The van der Waals surface area contributed by atoms with Gasteiger partial charge in [-0.25, -0.2) is 4.39 Å². The zero-order valence-corrected chi connectivity index (χ0v) is 10.2. The smallest absolute Gasteiger partial charge is 0.146 e. The molecule has 1 unspecified atom stereocenters. The highest BCUT2D eigenvalue weighted by molar-refractivity contribution is 5.50. The Balaban J connectivity index is 2.26. The average Bonchev–Trinajstić information content (AvgIpc) is 2.30. The first-order valence-electron chi connectivity index (χ1n) is 5.91. The summed E-state index contributed by atoms with van der Waals surface area (Å²) in [5, 5.41) is 9.40. The fourth-order valence-corrected chi connectivity index (χ4v) is 2.10. The molecule has 0 amide bonds. The number of aliphatic hydroxyl groups is 1. The van der Waals surface area contributed by atoms with Gasteiger partial charge in [-0.15, -0.1) is 0 Å². The van der Waals surface area contributed by atoms with Crippen molar-refractivity contribution in [3.63, 3.8) is 0 Å². The van der Waals surface area contributed by atoms with E-state index in [1.807, 2.05) is 11.8 Å². The van der Waals surface area contributed by atoms with Crippen molar-refractivity contribution in [1.82, 2.24) is 0 Å². The third-order valence-corrected chi connectivity index (χ3v) is 3.13. The quantitative estimate of drug-likeness (QED) is 0.858. The molecule has 1 heterocycles. The molecular formula is C13H18FNO2. The van der Waals surface area contributed by atoms with Gasteiger partial charge >= 0.3 is 0 Å². The fraction of sp³-hybridized carbons (Fsp3) is 0.538. The largest absolute Gasteiger partial charge is 0.389 e. The normalized spacial score (nSPS) is 22.6. The minimum absolute atomic E-state index is 0.177. The molecule has 0 spiro atoms. The number of nitrogens with zero attached hydrogens (tertiary/aromatic N) is 1. The Labute approximate surface area is 101 Å². The molecule has 0 radical (unpaired) electrons. The van der Waals surface area contributed by atoms with Gasteiger partial charge in [0, 0.05) is 12.6 Å². The van der Waals surface area contributed by atoms with E-state index in [0.717, 1.165) is 0 Å². The third kappa shape index (κ3) is 2.58. The van der Waals surface area contributed by atoms with E-state index in [-0.39, 0.29) is 11.9 Å². The van der Waals surface area contributed by atoms with Crippen molar-refractivity contribution in [2.24, 2.45) is 0 Å². The van der Waals surface area contributed by atoms with Crippen molar-refractivity contribution in [2.45, 2.75) is 26.0 Å². The SMILES string of the molecule is CC1COCCN1c1ccc([C@H](C)O)cc1F. The van der Waals surface area contributed by atoms with Gasteiger partial charge in [0.05, 0.1) is 25.0 Å². The molecule has 1 saturated heterocycles. The van der Waals surface area contributed by atoms with Crippen LogP contribution < -0.4 is 4.90 Å². The molecule has 17 heavy (non-hydrogen) atoms. The lowest BCUT2D eigenvalue weighted by atomic mass is 10.1. The summed E-state index contributed by atoms with van der Waals surface area (Å²) >= 11 is 0. The van der Waals surface area contributed by atoms with Crippen LogP contribution >= 0.6 is 0 Å². The standard InChI is InChI=1S/C13H18FNO2/c1-9-8-17-6-5-15(9)13-4-3-11(10(2)16)7-12(13)14/h3-4,7,9-10,16H,5-6,8H2,1-2H3/t9?,10-/m0/s1.